The summed E-state index contributed by atoms with van der Waals surface area (Å²) in [5, 5.41) is 12.6. The molecule has 0 radical (unpaired) electrons. The quantitative estimate of drug-likeness (QED) is 0.935. The van der Waals surface area contributed by atoms with Crippen molar-refractivity contribution in [2.45, 2.75) is 19.4 Å². The predicted octanol–water partition coefficient (Wildman–Crippen LogP) is 2.75. The van der Waals surface area contributed by atoms with Crippen LogP contribution in [0.4, 0.5) is 10.9 Å². The van der Waals surface area contributed by atoms with E-state index in [1.165, 1.54) is 42.8 Å². The normalized spacial score (nSPS) is 15.2. The Bertz CT molecular complexity index is 624. The molecular weight excluding hydrogens is 270 g/mol. The minimum Gasteiger partial charge on any atom is -0.316 e. The fraction of sp³-hybridized carbons (Fsp3) is 0.357. The van der Waals surface area contributed by atoms with E-state index in [0.29, 0.717) is 10.0 Å². The molecule has 1 saturated heterocycles. The predicted molar refractivity (Wildman–Crippen MR) is 78.9 cm³/mol. The summed E-state index contributed by atoms with van der Waals surface area (Å²) in [6, 6.07) is 6.18. The third-order valence-corrected chi connectivity index (χ3v) is 4.10. The Morgan fingerprint density at radius 3 is 2.95 bits per heavy atom. The van der Waals surface area contributed by atoms with Crippen LogP contribution in [0.25, 0.3) is 0 Å². The maximum absolute atomic E-state index is 8.79. The topological polar surface area (TPSA) is 64.8 Å². The number of nitriles is 1. The molecule has 20 heavy (non-hydrogen) atoms. The summed E-state index contributed by atoms with van der Waals surface area (Å²) < 4.78 is 0. The van der Waals surface area contributed by atoms with E-state index < -0.39 is 0 Å². The Morgan fingerprint density at radius 2 is 2.20 bits per heavy atom. The van der Waals surface area contributed by atoms with E-state index in [9.17, 15) is 0 Å². The monoisotopic (exact) mass is 285 g/mol. The Labute approximate surface area is 121 Å². The summed E-state index contributed by atoms with van der Waals surface area (Å²) in [7, 11) is 0. The third-order valence-electron chi connectivity index (χ3n) is 3.28. The van der Waals surface area contributed by atoms with Crippen molar-refractivity contribution in [1.29, 1.82) is 5.26 Å². The van der Waals surface area contributed by atoms with Gasteiger partial charge in [0.15, 0.2) is 5.13 Å². The molecule has 1 aliphatic heterocycles. The molecule has 5 nitrogen and oxygen atoms in total. The molecular formula is C14H15N5S. The first-order valence-corrected chi connectivity index (χ1v) is 7.45. The Hall–Kier alpha value is -1.97. The number of rotatable bonds is 4. The summed E-state index contributed by atoms with van der Waals surface area (Å²) in [6.07, 6.45) is 5.98. The lowest BCUT2D eigenvalue weighted by atomic mass is 10.2. The van der Waals surface area contributed by atoms with Gasteiger partial charge in [0.1, 0.15) is 16.8 Å². The van der Waals surface area contributed by atoms with E-state index in [1.807, 2.05) is 18.3 Å². The number of likely N-dealkylation sites (tertiary alicyclic amines) is 1. The standard InChI is InChI=1S/C14H15N5S/c15-8-12-9-17-14(20-12)18-13-7-11(3-4-16-13)10-19-5-1-2-6-19/h3-4,7,9H,1-2,5-6,10H2,(H,16,17,18). The van der Waals surface area contributed by atoms with Gasteiger partial charge < -0.3 is 5.32 Å². The molecule has 102 valence electrons. The van der Waals surface area contributed by atoms with Crippen LogP contribution in [-0.4, -0.2) is 28.0 Å². The minimum absolute atomic E-state index is 0.598. The zero-order chi connectivity index (χ0) is 13.8. The van der Waals surface area contributed by atoms with Crippen LogP contribution >= 0.6 is 11.3 Å². The maximum atomic E-state index is 8.79. The largest absolute Gasteiger partial charge is 0.316 e. The van der Waals surface area contributed by atoms with Crippen LogP contribution in [0.3, 0.4) is 0 Å². The highest BCUT2D eigenvalue weighted by Crippen LogP contribution is 2.22. The second-order valence-corrected chi connectivity index (χ2v) is 5.83. The molecule has 1 fully saturated rings. The second kappa shape index (κ2) is 5.99. The molecule has 1 N–H and O–H groups in total. The van der Waals surface area contributed by atoms with Crippen molar-refractivity contribution in [3.63, 3.8) is 0 Å². The third kappa shape index (κ3) is 3.13. The Morgan fingerprint density at radius 1 is 1.35 bits per heavy atom. The van der Waals surface area contributed by atoms with Gasteiger partial charge in [-0.15, -0.1) is 0 Å². The van der Waals surface area contributed by atoms with Crippen LogP contribution in [0.15, 0.2) is 24.5 Å². The van der Waals surface area contributed by atoms with Crippen molar-refractivity contribution in [2.75, 3.05) is 18.4 Å². The molecule has 2 aromatic heterocycles. The molecule has 2 aromatic rings. The Balaban J connectivity index is 1.68. The highest BCUT2D eigenvalue weighted by atomic mass is 32.1. The number of aromatic nitrogens is 2. The van der Waals surface area contributed by atoms with Gasteiger partial charge in [-0.25, -0.2) is 9.97 Å². The molecule has 0 aromatic carbocycles. The number of pyridine rings is 1. The van der Waals surface area contributed by atoms with Crippen LogP contribution in [0, 0.1) is 11.3 Å². The average Bonchev–Trinajstić information content (AvgIpc) is 3.11. The molecule has 0 atom stereocenters. The van der Waals surface area contributed by atoms with Crippen molar-refractivity contribution in [2.24, 2.45) is 0 Å². The van der Waals surface area contributed by atoms with Crippen LogP contribution in [0.1, 0.15) is 23.3 Å². The lowest BCUT2D eigenvalue weighted by Gasteiger charge is -2.14. The van der Waals surface area contributed by atoms with Crippen LogP contribution in [-0.2, 0) is 6.54 Å². The first-order chi connectivity index (χ1) is 9.83. The first-order valence-electron chi connectivity index (χ1n) is 6.64. The van der Waals surface area contributed by atoms with Crippen LogP contribution in [0.5, 0.6) is 0 Å². The van der Waals surface area contributed by atoms with Gasteiger partial charge in [0.25, 0.3) is 0 Å². The maximum Gasteiger partial charge on any atom is 0.189 e. The summed E-state index contributed by atoms with van der Waals surface area (Å²) in [6.45, 7) is 3.34. The molecule has 3 rings (SSSR count). The van der Waals surface area contributed by atoms with E-state index in [0.717, 1.165) is 12.4 Å². The summed E-state index contributed by atoms with van der Waals surface area (Å²) in [4.78, 5) is 11.5. The van der Waals surface area contributed by atoms with Gasteiger partial charge in [0.2, 0.25) is 0 Å². The number of hydrogen-bond acceptors (Lipinski definition) is 6. The molecule has 1 aliphatic rings. The van der Waals surface area contributed by atoms with Crippen molar-refractivity contribution < 1.29 is 0 Å². The molecule has 0 spiro atoms. The Kier molecular flexibility index (Phi) is 3.90. The number of thiazole rings is 1. The van der Waals surface area contributed by atoms with E-state index in [4.69, 9.17) is 5.26 Å². The molecule has 0 unspecified atom stereocenters. The highest BCUT2D eigenvalue weighted by Gasteiger charge is 2.12. The lowest BCUT2D eigenvalue weighted by Crippen LogP contribution is -2.18. The van der Waals surface area contributed by atoms with Crippen molar-refractivity contribution in [3.8, 4) is 6.07 Å². The SMILES string of the molecule is N#Cc1cnc(Nc2cc(CN3CCCC3)ccn2)s1. The number of nitrogens with one attached hydrogen (secondary N) is 1. The average molecular weight is 285 g/mol. The van der Waals surface area contributed by atoms with Crippen molar-refractivity contribution in [1.82, 2.24) is 14.9 Å². The van der Waals surface area contributed by atoms with E-state index in [2.05, 4.69) is 26.3 Å². The highest BCUT2D eigenvalue weighted by molar-refractivity contribution is 7.16. The molecule has 0 aliphatic carbocycles. The lowest BCUT2D eigenvalue weighted by molar-refractivity contribution is 0.331. The molecule has 0 saturated carbocycles. The van der Waals surface area contributed by atoms with E-state index >= 15 is 0 Å². The van der Waals surface area contributed by atoms with Gasteiger partial charge in [0.05, 0.1) is 6.20 Å². The fourth-order valence-electron chi connectivity index (χ4n) is 2.33. The van der Waals surface area contributed by atoms with Gasteiger partial charge >= 0.3 is 0 Å². The number of anilines is 2. The van der Waals surface area contributed by atoms with Crippen molar-refractivity contribution >= 4 is 22.3 Å². The van der Waals surface area contributed by atoms with Gasteiger partial charge in [-0.3, -0.25) is 4.90 Å². The zero-order valence-electron chi connectivity index (χ0n) is 11.0. The molecule has 6 heteroatoms. The molecule has 0 bridgehead atoms. The van der Waals surface area contributed by atoms with Gasteiger partial charge in [-0.05, 0) is 43.6 Å². The summed E-state index contributed by atoms with van der Waals surface area (Å²) in [5.74, 6) is 0.778. The van der Waals surface area contributed by atoms with Crippen LogP contribution < -0.4 is 5.32 Å². The second-order valence-electron chi connectivity index (χ2n) is 4.80. The van der Waals surface area contributed by atoms with E-state index in [-0.39, 0.29) is 0 Å². The van der Waals surface area contributed by atoms with Gasteiger partial charge in [-0.2, -0.15) is 5.26 Å². The van der Waals surface area contributed by atoms with Gasteiger partial charge in [-0.1, -0.05) is 11.3 Å². The van der Waals surface area contributed by atoms with Crippen molar-refractivity contribution in [3.05, 3.63) is 35.0 Å². The number of hydrogen-bond donors (Lipinski definition) is 1. The minimum atomic E-state index is 0.598. The first kappa shape index (κ1) is 13.0. The van der Waals surface area contributed by atoms with Crippen LogP contribution in [0.2, 0.25) is 0 Å². The van der Waals surface area contributed by atoms with Gasteiger partial charge in [0, 0.05) is 12.7 Å². The smallest absolute Gasteiger partial charge is 0.189 e. The van der Waals surface area contributed by atoms with E-state index in [1.54, 1.807) is 6.20 Å². The summed E-state index contributed by atoms with van der Waals surface area (Å²) in [5.41, 5.74) is 1.25. The molecule has 3 heterocycles. The fourth-order valence-corrected chi connectivity index (χ4v) is 2.95. The summed E-state index contributed by atoms with van der Waals surface area (Å²) >= 11 is 1.33. The molecule has 0 amide bonds. The zero-order valence-corrected chi connectivity index (χ0v) is 11.9. The number of nitrogens with zero attached hydrogens (tertiary/aromatic N) is 4.